The molecule has 4 aromatic rings. The van der Waals surface area contributed by atoms with Crippen molar-refractivity contribution in [1.29, 1.82) is 0 Å². The van der Waals surface area contributed by atoms with E-state index in [0.717, 1.165) is 44.6 Å². The van der Waals surface area contributed by atoms with Gasteiger partial charge in [-0.25, -0.2) is 18.0 Å². The quantitative estimate of drug-likeness (QED) is 0.160. The van der Waals surface area contributed by atoms with Gasteiger partial charge in [0, 0.05) is 48.9 Å². The molecular formula is C34H33F6N5O4. The molecule has 0 bridgehead atoms. The molecule has 0 unspecified atom stereocenters. The number of esters is 1. The van der Waals surface area contributed by atoms with E-state index in [1.54, 1.807) is 13.1 Å². The Balaban J connectivity index is 1.51. The van der Waals surface area contributed by atoms with Crippen LogP contribution in [-0.4, -0.2) is 59.9 Å². The second kappa shape index (κ2) is 13.8. The summed E-state index contributed by atoms with van der Waals surface area (Å²) in [5, 5.41) is 4.45. The monoisotopic (exact) mass is 689 g/mol. The standard InChI is InChI=1S/C34H33F6N5O4/c1-5-27(34(38,39)40)42-20-14-23(36)29(24(37)15-20)31(46)43-25(33(48)49-4)12-18-7-8-21(30-22(18)13-19(35)16-41-30)28-26(45-9-6-10-45)11-17(2)44(3)32(28)47/h7-8,11,13-16,25,27,42H,5-6,9-10,12H2,1-4H3,(H,43,46)/t25-,27+/m0/s1. The Morgan fingerprint density at radius 1 is 1.06 bits per heavy atom. The molecule has 5 rings (SSSR count). The highest BCUT2D eigenvalue weighted by molar-refractivity contribution is 6.00. The van der Waals surface area contributed by atoms with Crippen LogP contribution >= 0.6 is 0 Å². The number of hydrogen-bond acceptors (Lipinski definition) is 7. The molecule has 2 aromatic carbocycles. The normalized spacial score (nSPS) is 14.3. The van der Waals surface area contributed by atoms with Crippen molar-refractivity contribution in [3.05, 3.63) is 87.2 Å². The Bertz CT molecular complexity index is 1970. The van der Waals surface area contributed by atoms with E-state index in [1.165, 1.54) is 17.6 Å². The number of amides is 1. The van der Waals surface area contributed by atoms with Crippen molar-refractivity contribution in [2.75, 3.05) is 30.4 Å². The van der Waals surface area contributed by atoms with Gasteiger partial charge in [0.2, 0.25) is 0 Å². The topological polar surface area (TPSA) is 106 Å². The van der Waals surface area contributed by atoms with E-state index in [1.807, 2.05) is 18.3 Å². The number of nitrogens with one attached hydrogen (secondary N) is 2. The van der Waals surface area contributed by atoms with Gasteiger partial charge < -0.3 is 24.8 Å². The fraction of sp³-hybridized carbons (Fsp3) is 0.353. The average molecular weight is 690 g/mol. The zero-order chi connectivity index (χ0) is 35.8. The minimum atomic E-state index is -4.70. The minimum Gasteiger partial charge on any atom is -0.467 e. The number of hydrogen-bond donors (Lipinski definition) is 2. The summed E-state index contributed by atoms with van der Waals surface area (Å²) < 4.78 is 90.6. The molecule has 1 aliphatic rings. The predicted molar refractivity (Wildman–Crippen MR) is 171 cm³/mol. The molecule has 2 N–H and O–H groups in total. The zero-order valence-corrected chi connectivity index (χ0v) is 27.0. The van der Waals surface area contributed by atoms with Crippen molar-refractivity contribution in [1.82, 2.24) is 14.9 Å². The average Bonchev–Trinajstić information content (AvgIpc) is 3.00. The zero-order valence-electron chi connectivity index (χ0n) is 27.0. The SMILES string of the molecule is CC[C@@H](Nc1cc(F)c(C(=O)N[C@@H](Cc2ccc(-c3c(N4CCC4)cc(C)n(C)c3=O)c3ncc(F)cc23)C(=O)OC)c(F)c1)C(F)(F)F. The minimum absolute atomic E-state index is 0.209. The Morgan fingerprint density at radius 2 is 1.73 bits per heavy atom. The summed E-state index contributed by atoms with van der Waals surface area (Å²) >= 11 is 0. The molecule has 260 valence electrons. The molecule has 1 amide bonds. The largest absolute Gasteiger partial charge is 0.467 e. The number of alkyl halides is 3. The Morgan fingerprint density at radius 3 is 2.31 bits per heavy atom. The van der Waals surface area contributed by atoms with Crippen molar-refractivity contribution >= 4 is 34.2 Å². The highest BCUT2D eigenvalue weighted by Crippen LogP contribution is 2.36. The number of ether oxygens (including phenoxy) is 1. The van der Waals surface area contributed by atoms with Gasteiger partial charge >= 0.3 is 12.1 Å². The lowest BCUT2D eigenvalue weighted by Crippen LogP contribution is -2.43. The van der Waals surface area contributed by atoms with Crippen molar-refractivity contribution in [2.45, 2.75) is 51.4 Å². The molecule has 0 saturated carbocycles. The molecular weight excluding hydrogens is 656 g/mol. The van der Waals surface area contributed by atoms with Crippen LogP contribution in [-0.2, 0) is 23.0 Å². The Labute approximate surface area is 276 Å². The molecule has 0 aliphatic carbocycles. The van der Waals surface area contributed by atoms with Crippen LogP contribution in [0.1, 0.15) is 41.4 Å². The van der Waals surface area contributed by atoms with Gasteiger partial charge in [-0.3, -0.25) is 14.6 Å². The number of pyridine rings is 2. The number of anilines is 2. The maximum Gasteiger partial charge on any atom is 0.408 e. The van der Waals surface area contributed by atoms with Crippen molar-refractivity contribution in [3.63, 3.8) is 0 Å². The van der Waals surface area contributed by atoms with Crippen molar-refractivity contribution in [3.8, 4) is 11.1 Å². The van der Waals surface area contributed by atoms with Crippen LogP contribution in [0.2, 0.25) is 0 Å². The lowest BCUT2D eigenvalue weighted by molar-refractivity contribution is -0.143. The number of benzene rings is 2. The molecule has 15 heteroatoms. The first-order valence-corrected chi connectivity index (χ1v) is 15.4. The number of nitrogens with zero attached hydrogens (tertiary/aromatic N) is 3. The molecule has 1 fully saturated rings. The van der Waals surface area contributed by atoms with Gasteiger partial charge in [0.1, 0.15) is 35.1 Å². The van der Waals surface area contributed by atoms with Gasteiger partial charge in [-0.1, -0.05) is 19.1 Å². The Hall–Kier alpha value is -5.08. The van der Waals surface area contributed by atoms with E-state index in [4.69, 9.17) is 4.74 Å². The van der Waals surface area contributed by atoms with Gasteiger partial charge in [-0.05, 0) is 49.6 Å². The number of aromatic nitrogens is 2. The van der Waals surface area contributed by atoms with Crippen LogP contribution in [0, 0.1) is 24.4 Å². The number of rotatable bonds is 10. The second-order valence-corrected chi connectivity index (χ2v) is 11.8. The number of carbonyl (C=O) groups excluding carboxylic acids is 2. The molecule has 2 aromatic heterocycles. The fourth-order valence-electron chi connectivity index (χ4n) is 5.77. The fourth-order valence-corrected chi connectivity index (χ4v) is 5.77. The molecule has 1 saturated heterocycles. The van der Waals surface area contributed by atoms with Crippen LogP contribution in [0.3, 0.4) is 0 Å². The van der Waals surface area contributed by atoms with Crippen molar-refractivity contribution in [2.24, 2.45) is 7.05 Å². The number of methoxy groups -OCH3 is 1. The van der Waals surface area contributed by atoms with Crippen LogP contribution in [0.25, 0.3) is 22.0 Å². The summed E-state index contributed by atoms with van der Waals surface area (Å²) in [6, 6.07) is 3.64. The van der Waals surface area contributed by atoms with E-state index >= 15 is 8.78 Å². The summed E-state index contributed by atoms with van der Waals surface area (Å²) in [6.07, 6.45) is -3.54. The highest BCUT2D eigenvalue weighted by atomic mass is 19.4. The second-order valence-electron chi connectivity index (χ2n) is 11.8. The lowest BCUT2D eigenvalue weighted by Gasteiger charge is -2.35. The highest BCUT2D eigenvalue weighted by Gasteiger charge is 2.38. The molecule has 49 heavy (non-hydrogen) atoms. The smallest absolute Gasteiger partial charge is 0.408 e. The van der Waals surface area contributed by atoms with E-state index in [2.05, 4.69) is 15.2 Å². The third-order valence-corrected chi connectivity index (χ3v) is 8.65. The summed E-state index contributed by atoms with van der Waals surface area (Å²) in [6.45, 7) is 4.53. The molecule has 2 atom stereocenters. The first-order chi connectivity index (χ1) is 23.1. The maximum atomic E-state index is 15.0. The van der Waals surface area contributed by atoms with E-state index in [-0.39, 0.29) is 28.4 Å². The predicted octanol–water partition coefficient (Wildman–Crippen LogP) is 5.80. The lowest BCUT2D eigenvalue weighted by atomic mass is 9.94. The van der Waals surface area contributed by atoms with Gasteiger partial charge in [0.25, 0.3) is 11.5 Å². The number of carbonyl (C=O) groups is 2. The van der Waals surface area contributed by atoms with E-state index in [9.17, 15) is 31.9 Å². The summed E-state index contributed by atoms with van der Waals surface area (Å²) in [4.78, 5) is 45.9. The number of aryl methyl sites for hydroxylation is 1. The van der Waals surface area contributed by atoms with Gasteiger partial charge in [-0.15, -0.1) is 0 Å². The first kappa shape index (κ1) is 35.2. The van der Waals surface area contributed by atoms with E-state index < -0.39 is 65.3 Å². The summed E-state index contributed by atoms with van der Waals surface area (Å²) in [5.74, 6) is -6.05. The summed E-state index contributed by atoms with van der Waals surface area (Å²) in [7, 11) is 2.66. The van der Waals surface area contributed by atoms with Crippen LogP contribution in [0.4, 0.5) is 37.7 Å². The van der Waals surface area contributed by atoms with Crippen molar-refractivity contribution < 1.29 is 40.7 Å². The third-order valence-electron chi connectivity index (χ3n) is 8.65. The van der Waals surface area contributed by atoms with Crippen LogP contribution in [0.5, 0.6) is 0 Å². The Kier molecular flexibility index (Phi) is 9.92. The molecule has 9 nitrogen and oxygen atoms in total. The number of fused-ring (bicyclic) bond motifs is 1. The number of halogens is 6. The third kappa shape index (κ3) is 7.06. The van der Waals surface area contributed by atoms with Crippen LogP contribution < -0.4 is 21.1 Å². The molecule has 0 radical (unpaired) electrons. The summed E-state index contributed by atoms with van der Waals surface area (Å²) in [5.41, 5.74) is 0.742. The van der Waals surface area contributed by atoms with E-state index in [0.29, 0.717) is 28.9 Å². The maximum absolute atomic E-state index is 15.0. The van der Waals surface area contributed by atoms with Gasteiger partial charge in [0.15, 0.2) is 0 Å². The molecule has 1 aliphatic heterocycles. The van der Waals surface area contributed by atoms with Gasteiger partial charge in [0.05, 0.1) is 30.1 Å². The van der Waals surface area contributed by atoms with Gasteiger partial charge in [-0.2, -0.15) is 13.2 Å². The molecule has 3 heterocycles. The van der Waals surface area contributed by atoms with Crippen LogP contribution in [0.15, 0.2) is 47.4 Å². The first-order valence-electron chi connectivity index (χ1n) is 15.4. The molecule has 0 spiro atoms.